The van der Waals surface area contributed by atoms with Crippen LogP contribution in [0.25, 0.3) is 0 Å². The average Bonchev–Trinajstić information content (AvgIpc) is 1.77. The largest absolute Gasteiger partial charge is 1.00 e. The third-order valence-corrected chi connectivity index (χ3v) is 2.65. The van der Waals surface area contributed by atoms with Gasteiger partial charge in [0.15, 0.2) is 0 Å². The van der Waals surface area contributed by atoms with E-state index in [9.17, 15) is 0 Å². The molecule has 0 radical (unpaired) electrons. The first-order chi connectivity index (χ1) is 3.79. The second-order valence-electron chi connectivity index (χ2n) is 2.75. The molecule has 0 N–H and O–H groups in total. The van der Waals surface area contributed by atoms with Crippen LogP contribution in [0.5, 0.6) is 0 Å². The molecule has 0 spiro atoms. The summed E-state index contributed by atoms with van der Waals surface area (Å²) >= 11 is 2.16. The van der Waals surface area contributed by atoms with Gasteiger partial charge in [-0.2, -0.15) is 0 Å². The molecule has 0 aliphatic carbocycles. The summed E-state index contributed by atoms with van der Waals surface area (Å²) in [5.74, 6) is 0. The van der Waals surface area contributed by atoms with Gasteiger partial charge in [-0.1, -0.05) is 0 Å². The topological polar surface area (TPSA) is 3.24 Å². The van der Waals surface area contributed by atoms with E-state index in [0.29, 0.717) is 0 Å². The number of nitrogens with zero attached hydrogens (tertiary/aromatic N) is 1. The zero-order valence-corrected chi connectivity index (χ0v) is 8.11. The van der Waals surface area contributed by atoms with Crippen LogP contribution in [0.1, 0.15) is 12.8 Å². The summed E-state index contributed by atoms with van der Waals surface area (Å²) in [6.45, 7) is 2.63. The van der Waals surface area contributed by atoms with E-state index in [4.69, 9.17) is 0 Å². The minimum Gasteiger partial charge on any atom is -1.00 e. The van der Waals surface area contributed by atoms with Crippen LogP contribution in [-0.4, -0.2) is 46.7 Å². The third-order valence-electron chi connectivity index (χ3n) is 1.84. The summed E-state index contributed by atoms with van der Waals surface area (Å²) in [6.07, 6.45) is 2.82. The van der Waals surface area contributed by atoms with E-state index in [2.05, 4.69) is 33.7 Å². The Morgan fingerprint density at radius 2 is 1.78 bits per heavy atom. The maximum Gasteiger partial charge on any atom is -1.00 e. The van der Waals surface area contributed by atoms with Gasteiger partial charge in [-0.3, -0.25) is 0 Å². The molecule has 1 saturated heterocycles. The van der Waals surface area contributed by atoms with Crippen molar-refractivity contribution in [3.05, 3.63) is 0 Å². The second kappa shape index (κ2) is 4.77. The molecule has 0 atom stereocenters. The molecule has 1 rings (SSSR count). The number of hydrogen-bond acceptors (Lipinski definition) is 1. The van der Waals surface area contributed by atoms with E-state index in [-0.39, 0.29) is 12.4 Å². The summed E-state index contributed by atoms with van der Waals surface area (Å²) in [7, 11) is 2.20. The third kappa shape index (κ3) is 3.66. The molecule has 0 saturated carbocycles. The number of hydrogen-bond donors (Lipinski definition) is 0. The first-order valence-corrected chi connectivity index (χ1v) is 4.12. The molecule has 9 heavy (non-hydrogen) atoms. The SMILES string of the molecule is CN1CC[CH]([Mg+])CC1.[Cl-]. The van der Waals surface area contributed by atoms with Gasteiger partial charge in [0.25, 0.3) is 0 Å². The van der Waals surface area contributed by atoms with Crippen molar-refractivity contribution < 1.29 is 12.4 Å². The van der Waals surface area contributed by atoms with Crippen molar-refractivity contribution in [2.24, 2.45) is 0 Å². The van der Waals surface area contributed by atoms with Gasteiger partial charge < -0.3 is 12.4 Å². The Balaban J connectivity index is 0.000000640. The van der Waals surface area contributed by atoms with E-state index in [1.165, 1.54) is 25.9 Å². The Hall–Kier alpha value is 1.02. The molecule has 1 nitrogen and oxygen atoms in total. The van der Waals surface area contributed by atoms with Crippen molar-refractivity contribution in [2.75, 3.05) is 20.1 Å². The quantitative estimate of drug-likeness (QED) is 0.357. The smallest absolute Gasteiger partial charge is 1.00 e. The Morgan fingerprint density at radius 1 is 1.33 bits per heavy atom. The molecular weight excluding hydrogens is 146 g/mol. The molecule has 3 heteroatoms. The maximum atomic E-state index is 2.41. The molecule has 50 valence electrons. The van der Waals surface area contributed by atoms with E-state index in [1.54, 1.807) is 0 Å². The van der Waals surface area contributed by atoms with Gasteiger partial charge in [-0.15, -0.1) is 0 Å². The first kappa shape index (κ1) is 10.0. The zero-order chi connectivity index (χ0) is 5.98. The predicted octanol–water partition coefficient (Wildman–Crippen LogP) is -2.33. The fourth-order valence-electron chi connectivity index (χ4n) is 1.06. The molecule has 0 unspecified atom stereocenters. The zero-order valence-electron chi connectivity index (χ0n) is 5.94. The fourth-order valence-corrected chi connectivity index (χ4v) is 1.43. The monoisotopic (exact) mass is 157 g/mol. The van der Waals surface area contributed by atoms with Gasteiger partial charge in [-0.05, 0) is 0 Å². The predicted molar refractivity (Wildman–Crippen MR) is 36.2 cm³/mol. The van der Waals surface area contributed by atoms with Gasteiger partial charge in [0.2, 0.25) is 0 Å². The minimum atomic E-state index is 0. The Labute approximate surface area is 76.0 Å². The number of rotatable bonds is 0. The number of likely N-dealkylation sites (tertiary alicyclic amines) is 1. The van der Waals surface area contributed by atoms with Gasteiger partial charge >= 0.3 is 63.6 Å². The van der Waals surface area contributed by atoms with Gasteiger partial charge in [0.1, 0.15) is 0 Å². The maximum absolute atomic E-state index is 2.41. The van der Waals surface area contributed by atoms with Gasteiger partial charge in [0, 0.05) is 0 Å². The molecule has 0 aromatic heterocycles. The molecule has 0 aromatic carbocycles. The van der Waals surface area contributed by atoms with Crippen LogP contribution < -0.4 is 12.4 Å². The standard InChI is InChI=1S/C6H12N.ClH.Mg/c1-7-5-3-2-4-6-7;;/h2H,3-6H2,1H3;1H;/q;;+1/p-1. The average molecular weight is 158 g/mol. The van der Waals surface area contributed by atoms with E-state index in [0.717, 1.165) is 4.05 Å². The fraction of sp³-hybridized carbons (Fsp3) is 1.00. The Morgan fingerprint density at radius 3 is 2.11 bits per heavy atom. The van der Waals surface area contributed by atoms with Crippen molar-refractivity contribution in [1.29, 1.82) is 0 Å². The van der Waals surface area contributed by atoms with Gasteiger partial charge in [0.05, 0.1) is 0 Å². The minimum absolute atomic E-state index is 0. The summed E-state index contributed by atoms with van der Waals surface area (Å²) < 4.78 is 1.01. The first-order valence-electron chi connectivity index (χ1n) is 3.30. The van der Waals surface area contributed by atoms with Crippen molar-refractivity contribution in [3.63, 3.8) is 0 Å². The number of halogens is 1. The summed E-state index contributed by atoms with van der Waals surface area (Å²) in [6, 6.07) is 0. The van der Waals surface area contributed by atoms with Crippen LogP contribution in [0.15, 0.2) is 0 Å². The van der Waals surface area contributed by atoms with E-state index >= 15 is 0 Å². The molecule has 0 bridgehead atoms. The van der Waals surface area contributed by atoms with Crippen LogP contribution >= 0.6 is 0 Å². The summed E-state index contributed by atoms with van der Waals surface area (Å²) in [5, 5.41) is 0. The molecule has 1 heterocycles. The molecule has 1 fully saturated rings. The number of piperidine rings is 1. The van der Waals surface area contributed by atoms with E-state index in [1.807, 2.05) is 0 Å². The molecule has 1 aliphatic heterocycles. The molecule has 1 aliphatic rings. The van der Waals surface area contributed by atoms with Crippen molar-refractivity contribution >= 4 is 21.7 Å². The van der Waals surface area contributed by atoms with Crippen LogP contribution in [0.4, 0.5) is 0 Å². The van der Waals surface area contributed by atoms with E-state index < -0.39 is 0 Å². The Kier molecular flexibility index (Phi) is 5.31. The molecule has 0 amide bonds. The molecule has 0 aromatic rings. The van der Waals surface area contributed by atoms with Crippen molar-refractivity contribution in [3.8, 4) is 0 Å². The van der Waals surface area contributed by atoms with Gasteiger partial charge in [-0.25, -0.2) is 0 Å². The van der Waals surface area contributed by atoms with Crippen LogP contribution in [0.3, 0.4) is 0 Å². The second-order valence-corrected chi connectivity index (χ2v) is 3.90. The normalized spacial score (nSPS) is 23.4. The summed E-state index contributed by atoms with van der Waals surface area (Å²) in [4.78, 5) is 2.41. The van der Waals surface area contributed by atoms with Crippen molar-refractivity contribution in [1.82, 2.24) is 4.90 Å². The summed E-state index contributed by atoms with van der Waals surface area (Å²) in [5.41, 5.74) is 0. The van der Waals surface area contributed by atoms with Crippen LogP contribution in [0, 0.1) is 0 Å². The Bertz CT molecular complexity index is 61.5. The van der Waals surface area contributed by atoms with Crippen molar-refractivity contribution in [2.45, 2.75) is 16.9 Å². The van der Waals surface area contributed by atoms with Crippen LogP contribution in [-0.2, 0) is 0 Å². The van der Waals surface area contributed by atoms with Crippen LogP contribution in [0.2, 0.25) is 4.05 Å². The molecular formula is C6H12ClMgN.